The van der Waals surface area contributed by atoms with Crippen molar-refractivity contribution in [1.82, 2.24) is 9.88 Å². The van der Waals surface area contributed by atoms with Gasteiger partial charge in [0.05, 0.1) is 30.5 Å². The zero-order chi connectivity index (χ0) is 17.4. The SMILES string of the molecule is Cc1cc(NC(=O)N2C[C@H](C)O[C@@]3(CCOC3)C2)c2ncccc2c1. The zero-order valence-electron chi connectivity index (χ0n) is 14.6. The summed E-state index contributed by atoms with van der Waals surface area (Å²) in [5.41, 5.74) is 2.28. The molecule has 0 aliphatic carbocycles. The molecule has 1 spiro atoms. The van der Waals surface area contributed by atoms with E-state index in [9.17, 15) is 4.79 Å². The molecule has 1 aromatic carbocycles. The molecule has 1 aromatic heterocycles. The first-order valence-corrected chi connectivity index (χ1v) is 8.72. The smallest absolute Gasteiger partial charge is 0.322 e. The van der Waals surface area contributed by atoms with Gasteiger partial charge in [0.25, 0.3) is 0 Å². The standard InChI is InChI=1S/C19H23N3O3/c1-13-8-15-4-3-6-20-17(15)16(9-13)21-18(23)22-10-14(2)25-19(11-22)5-7-24-12-19/h3-4,6,8-9,14H,5,7,10-12H2,1-2H3,(H,21,23)/t14-,19-/m0/s1. The van der Waals surface area contributed by atoms with E-state index in [1.165, 1.54) is 0 Å². The Hall–Kier alpha value is -2.18. The molecule has 2 saturated heterocycles. The lowest BCUT2D eigenvalue weighted by Crippen LogP contribution is -2.57. The molecular formula is C19H23N3O3. The molecule has 2 fully saturated rings. The van der Waals surface area contributed by atoms with Gasteiger partial charge in [0.15, 0.2) is 0 Å². The van der Waals surface area contributed by atoms with Crippen molar-refractivity contribution in [2.24, 2.45) is 0 Å². The predicted molar refractivity (Wildman–Crippen MR) is 95.8 cm³/mol. The second-order valence-corrected chi connectivity index (χ2v) is 7.11. The summed E-state index contributed by atoms with van der Waals surface area (Å²) >= 11 is 0. The van der Waals surface area contributed by atoms with Crippen molar-refractivity contribution in [3.05, 3.63) is 36.0 Å². The quantitative estimate of drug-likeness (QED) is 0.866. The Bertz CT molecular complexity index is 802. The van der Waals surface area contributed by atoms with Crippen LogP contribution in [0.2, 0.25) is 0 Å². The minimum atomic E-state index is -0.359. The number of urea groups is 1. The summed E-state index contributed by atoms with van der Waals surface area (Å²) in [4.78, 5) is 19.2. The first-order chi connectivity index (χ1) is 12.0. The highest BCUT2D eigenvalue weighted by Crippen LogP contribution is 2.31. The molecule has 0 radical (unpaired) electrons. The molecule has 0 bridgehead atoms. The molecule has 0 saturated carbocycles. The van der Waals surface area contributed by atoms with E-state index in [0.717, 1.165) is 28.6 Å². The van der Waals surface area contributed by atoms with Crippen LogP contribution in [0.25, 0.3) is 10.9 Å². The molecule has 2 aliphatic rings. The van der Waals surface area contributed by atoms with Crippen LogP contribution < -0.4 is 5.32 Å². The summed E-state index contributed by atoms with van der Waals surface area (Å²) < 4.78 is 11.6. The topological polar surface area (TPSA) is 63.7 Å². The first kappa shape index (κ1) is 16.3. The molecule has 132 valence electrons. The molecule has 0 unspecified atom stereocenters. The summed E-state index contributed by atoms with van der Waals surface area (Å²) in [6, 6.07) is 7.83. The Labute approximate surface area is 147 Å². The summed E-state index contributed by atoms with van der Waals surface area (Å²) in [5.74, 6) is 0. The van der Waals surface area contributed by atoms with Gasteiger partial charge in [-0.2, -0.15) is 0 Å². The fourth-order valence-corrected chi connectivity index (χ4v) is 3.82. The number of nitrogens with zero attached hydrogens (tertiary/aromatic N) is 2. The average Bonchev–Trinajstić information content (AvgIpc) is 3.01. The van der Waals surface area contributed by atoms with Gasteiger partial charge in [-0.05, 0) is 37.6 Å². The summed E-state index contributed by atoms with van der Waals surface area (Å²) in [6.45, 7) is 6.39. The highest BCUT2D eigenvalue weighted by molar-refractivity contribution is 6.00. The monoisotopic (exact) mass is 341 g/mol. The number of fused-ring (bicyclic) bond motifs is 1. The van der Waals surface area contributed by atoms with Gasteiger partial charge in [0, 0.05) is 31.2 Å². The van der Waals surface area contributed by atoms with E-state index in [1.807, 2.05) is 36.9 Å². The maximum absolute atomic E-state index is 12.9. The summed E-state index contributed by atoms with van der Waals surface area (Å²) in [7, 11) is 0. The number of pyridine rings is 1. The Morgan fingerprint density at radius 3 is 3.12 bits per heavy atom. The van der Waals surface area contributed by atoms with Crippen molar-refractivity contribution in [3.63, 3.8) is 0 Å². The number of carbonyl (C=O) groups excluding carboxylic acids is 1. The van der Waals surface area contributed by atoms with Crippen molar-refractivity contribution >= 4 is 22.6 Å². The lowest BCUT2D eigenvalue weighted by Gasteiger charge is -2.42. The Morgan fingerprint density at radius 1 is 1.44 bits per heavy atom. The van der Waals surface area contributed by atoms with Gasteiger partial charge in [-0.1, -0.05) is 6.07 Å². The van der Waals surface area contributed by atoms with Gasteiger partial charge in [-0.3, -0.25) is 4.98 Å². The number of benzene rings is 1. The number of ether oxygens (including phenoxy) is 2. The van der Waals surface area contributed by atoms with Crippen molar-refractivity contribution in [2.75, 3.05) is 31.6 Å². The van der Waals surface area contributed by atoms with Crippen LogP contribution in [0, 0.1) is 6.92 Å². The summed E-state index contributed by atoms with van der Waals surface area (Å²) in [6.07, 6.45) is 2.57. The number of morpholine rings is 1. The van der Waals surface area contributed by atoms with E-state index >= 15 is 0 Å². The van der Waals surface area contributed by atoms with E-state index < -0.39 is 0 Å². The highest BCUT2D eigenvalue weighted by Gasteiger charge is 2.44. The van der Waals surface area contributed by atoms with Gasteiger partial charge >= 0.3 is 6.03 Å². The third-order valence-electron chi connectivity index (χ3n) is 4.85. The van der Waals surface area contributed by atoms with Crippen molar-refractivity contribution in [3.8, 4) is 0 Å². The molecule has 25 heavy (non-hydrogen) atoms. The second-order valence-electron chi connectivity index (χ2n) is 7.11. The molecule has 2 aromatic rings. The molecule has 2 aliphatic heterocycles. The van der Waals surface area contributed by atoms with Crippen molar-refractivity contribution < 1.29 is 14.3 Å². The highest BCUT2D eigenvalue weighted by atomic mass is 16.6. The van der Waals surface area contributed by atoms with Crippen LogP contribution in [0.1, 0.15) is 18.9 Å². The Morgan fingerprint density at radius 2 is 2.32 bits per heavy atom. The number of hydrogen-bond acceptors (Lipinski definition) is 4. The van der Waals surface area contributed by atoms with Gasteiger partial charge < -0.3 is 19.7 Å². The van der Waals surface area contributed by atoms with Crippen molar-refractivity contribution in [1.29, 1.82) is 0 Å². The van der Waals surface area contributed by atoms with Gasteiger partial charge in [-0.15, -0.1) is 0 Å². The molecule has 6 nitrogen and oxygen atoms in total. The molecule has 4 rings (SSSR count). The Balaban J connectivity index is 1.58. The number of anilines is 1. The van der Waals surface area contributed by atoms with E-state index in [1.54, 1.807) is 6.20 Å². The molecule has 2 atom stereocenters. The fraction of sp³-hybridized carbons (Fsp3) is 0.474. The third-order valence-corrected chi connectivity index (χ3v) is 4.85. The zero-order valence-corrected chi connectivity index (χ0v) is 14.6. The molecule has 3 heterocycles. The van der Waals surface area contributed by atoms with E-state index in [2.05, 4.69) is 16.4 Å². The number of amides is 2. The minimum Gasteiger partial charge on any atom is -0.378 e. The lowest BCUT2D eigenvalue weighted by atomic mass is 9.99. The molecule has 2 amide bonds. The summed E-state index contributed by atoms with van der Waals surface area (Å²) in [5, 5.41) is 4.07. The lowest BCUT2D eigenvalue weighted by molar-refractivity contribution is -0.136. The van der Waals surface area contributed by atoms with Crippen LogP contribution in [-0.4, -0.2) is 53.9 Å². The number of carbonyl (C=O) groups is 1. The average molecular weight is 341 g/mol. The maximum Gasteiger partial charge on any atom is 0.322 e. The van der Waals surface area contributed by atoms with Crippen LogP contribution in [0.5, 0.6) is 0 Å². The normalized spacial score (nSPS) is 26.3. The number of aromatic nitrogens is 1. The second kappa shape index (κ2) is 6.28. The number of aryl methyl sites for hydroxylation is 1. The van der Waals surface area contributed by atoms with E-state index in [-0.39, 0.29) is 17.7 Å². The number of nitrogens with one attached hydrogen (secondary N) is 1. The largest absolute Gasteiger partial charge is 0.378 e. The predicted octanol–water partition coefficient (Wildman–Crippen LogP) is 2.95. The van der Waals surface area contributed by atoms with Crippen LogP contribution in [-0.2, 0) is 9.47 Å². The molecular weight excluding hydrogens is 318 g/mol. The molecule has 6 heteroatoms. The number of hydrogen-bond donors (Lipinski definition) is 1. The van der Waals surface area contributed by atoms with E-state index in [4.69, 9.17) is 9.47 Å². The van der Waals surface area contributed by atoms with Crippen LogP contribution in [0.3, 0.4) is 0 Å². The number of rotatable bonds is 1. The van der Waals surface area contributed by atoms with Gasteiger partial charge in [0.2, 0.25) is 0 Å². The fourth-order valence-electron chi connectivity index (χ4n) is 3.82. The first-order valence-electron chi connectivity index (χ1n) is 8.72. The van der Waals surface area contributed by atoms with Crippen molar-refractivity contribution in [2.45, 2.75) is 32.0 Å². The van der Waals surface area contributed by atoms with Crippen LogP contribution >= 0.6 is 0 Å². The van der Waals surface area contributed by atoms with Gasteiger partial charge in [0.1, 0.15) is 5.60 Å². The third kappa shape index (κ3) is 3.19. The van der Waals surface area contributed by atoms with Gasteiger partial charge in [-0.25, -0.2) is 4.79 Å². The van der Waals surface area contributed by atoms with Crippen LogP contribution in [0.4, 0.5) is 10.5 Å². The van der Waals surface area contributed by atoms with E-state index in [0.29, 0.717) is 26.3 Å². The van der Waals surface area contributed by atoms with Crippen LogP contribution in [0.15, 0.2) is 30.5 Å². The Kier molecular flexibility index (Phi) is 4.09. The molecule has 1 N–H and O–H groups in total. The maximum atomic E-state index is 12.9. The minimum absolute atomic E-state index is 0.00595.